The molecule has 224 valence electrons. The molecule has 0 aliphatic rings. The molecule has 0 atom stereocenters. The maximum absolute atomic E-state index is 13.1. The molecule has 0 bridgehead atoms. The van der Waals surface area contributed by atoms with Crippen LogP contribution in [0.25, 0.3) is 0 Å². The predicted octanol–water partition coefficient (Wildman–Crippen LogP) is 2.39. The lowest BCUT2D eigenvalue weighted by Gasteiger charge is -2.25. The van der Waals surface area contributed by atoms with Crippen LogP contribution in [0.3, 0.4) is 0 Å². The Balaban J connectivity index is 3.04. The van der Waals surface area contributed by atoms with Gasteiger partial charge in [0.2, 0.25) is 11.8 Å². The molecule has 0 heterocycles. The van der Waals surface area contributed by atoms with Crippen molar-refractivity contribution >= 4 is 11.8 Å². The summed E-state index contributed by atoms with van der Waals surface area (Å²) in [6, 6.07) is 4.01. The quantitative estimate of drug-likeness (QED) is 0.156. The molecule has 0 fully saturated rings. The second-order valence-electron chi connectivity index (χ2n) is 11.4. The molecular weight excluding hydrogens is 492 g/mol. The highest BCUT2D eigenvalue weighted by molar-refractivity contribution is 5.77. The SMILES string of the molecule is CC(C)(C)c1cc(CCC(=O)N(CCCN)CCCCN)c(O)c(CCC(=O)N(CCCN)CCCCN)c1. The zero-order valence-electron chi connectivity index (χ0n) is 24.9. The smallest absolute Gasteiger partial charge is 0.222 e. The van der Waals surface area contributed by atoms with E-state index in [1.165, 1.54) is 0 Å². The molecule has 9 heteroatoms. The number of benzene rings is 1. The van der Waals surface area contributed by atoms with Gasteiger partial charge in [-0.15, -0.1) is 0 Å². The topological polar surface area (TPSA) is 165 Å². The first-order valence-corrected chi connectivity index (χ1v) is 14.8. The molecule has 9 nitrogen and oxygen atoms in total. The normalized spacial score (nSPS) is 11.6. The lowest BCUT2D eigenvalue weighted by atomic mass is 9.83. The molecule has 1 aromatic rings. The molecule has 0 aliphatic heterocycles. The lowest BCUT2D eigenvalue weighted by Crippen LogP contribution is -2.34. The number of hydrogen-bond donors (Lipinski definition) is 5. The van der Waals surface area contributed by atoms with Gasteiger partial charge in [-0.25, -0.2) is 0 Å². The summed E-state index contributed by atoms with van der Waals surface area (Å²) in [5.74, 6) is 0.313. The van der Waals surface area contributed by atoms with Crippen molar-refractivity contribution in [3.8, 4) is 5.75 Å². The van der Waals surface area contributed by atoms with Crippen LogP contribution in [0.2, 0.25) is 0 Å². The van der Waals surface area contributed by atoms with Gasteiger partial charge in [-0.1, -0.05) is 32.9 Å². The van der Waals surface area contributed by atoms with Gasteiger partial charge < -0.3 is 37.8 Å². The molecule has 0 saturated heterocycles. The fourth-order valence-corrected chi connectivity index (χ4v) is 4.55. The molecular formula is C30H56N6O3. The van der Waals surface area contributed by atoms with Crippen LogP contribution in [0.1, 0.15) is 88.8 Å². The molecule has 0 saturated carbocycles. The van der Waals surface area contributed by atoms with Gasteiger partial charge in [0.25, 0.3) is 0 Å². The summed E-state index contributed by atoms with van der Waals surface area (Å²) < 4.78 is 0. The van der Waals surface area contributed by atoms with E-state index in [1.54, 1.807) is 0 Å². The number of aryl methyl sites for hydroxylation is 2. The van der Waals surface area contributed by atoms with Crippen molar-refractivity contribution in [3.05, 3.63) is 28.8 Å². The van der Waals surface area contributed by atoms with Gasteiger partial charge in [0.15, 0.2) is 0 Å². The van der Waals surface area contributed by atoms with Crippen LogP contribution in [0.15, 0.2) is 12.1 Å². The summed E-state index contributed by atoms with van der Waals surface area (Å²) in [6.45, 7) is 11.3. The monoisotopic (exact) mass is 548 g/mol. The maximum Gasteiger partial charge on any atom is 0.222 e. The number of nitrogens with two attached hydrogens (primary N) is 4. The third-order valence-electron chi connectivity index (χ3n) is 7.08. The molecule has 1 rings (SSSR count). The minimum Gasteiger partial charge on any atom is -0.507 e. The Morgan fingerprint density at radius 3 is 1.36 bits per heavy atom. The van der Waals surface area contributed by atoms with Crippen molar-refractivity contribution in [3.63, 3.8) is 0 Å². The average molecular weight is 549 g/mol. The average Bonchev–Trinajstić information content (AvgIpc) is 2.90. The van der Waals surface area contributed by atoms with E-state index in [1.807, 2.05) is 21.9 Å². The number of rotatable bonds is 20. The van der Waals surface area contributed by atoms with E-state index in [9.17, 15) is 14.7 Å². The van der Waals surface area contributed by atoms with Crippen LogP contribution >= 0.6 is 0 Å². The highest BCUT2D eigenvalue weighted by Gasteiger charge is 2.21. The van der Waals surface area contributed by atoms with E-state index in [-0.39, 0.29) is 23.0 Å². The zero-order valence-corrected chi connectivity index (χ0v) is 24.9. The number of phenols is 1. The Hall–Kier alpha value is -2.20. The summed E-state index contributed by atoms with van der Waals surface area (Å²) in [7, 11) is 0. The van der Waals surface area contributed by atoms with Crippen LogP contribution in [0.4, 0.5) is 0 Å². The van der Waals surface area contributed by atoms with Gasteiger partial charge in [-0.3, -0.25) is 9.59 Å². The van der Waals surface area contributed by atoms with E-state index in [4.69, 9.17) is 22.9 Å². The summed E-state index contributed by atoms with van der Waals surface area (Å²) in [6.07, 6.45) is 6.48. The molecule has 0 radical (unpaired) electrons. The standard InChI is InChI=1S/C30H56N6O3/c1-30(2,3)26-22-24(10-12-27(37)35(20-8-16-33)18-6-4-14-31)29(39)25(23-26)11-13-28(38)36(21-9-17-34)19-7-5-15-32/h22-23,39H,4-21,31-34H2,1-3H3. The maximum atomic E-state index is 13.1. The number of nitrogens with zero attached hydrogens (tertiary/aromatic N) is 2. The number of aromatic hydroxyl groups is 1. The molecule has 0 aliphatic carbocycles. The van der Waals surface area contributed by atoms with Gasteiger partial charge in [-0.2, -0.15) is 0 Å². The highest BCUT2D eigenvalue weighted by atomic mass is 16.3. The molecule has 0 aromatic heterocycles. The first-order chi connectivity index (χ1) is 18.6. The number of phenolic OH excluding ortho intramolecular Hbond substituents is 1. The Morgan fingerprint density at radius 2 is 1.03 bits per heavy atom. The molecule has 1 aromatic carbocycles. The van der Waals surface area contributed by atoms with Gasteiger partial charge in [0.1, 0.15) is 5.75 Å². The van der Waals surface area contributed by atoms with Crippen LogP contribution in [-0.2, 0) is 27.8 Å². The minimum atomic E-state index is -0.143. The number of unbranched alkanes of at least 4 members (excludes halogenated alkanes) is 2. The van der Waals surface area contributed by atoms with Crippen molar-refractivity contribution in [1.29, 1.82) is 0 Å². The van der Waals surface area contributed by atoms with E-state index < -0.39 is 0 Å². The number of amides is 2. The summed E-state index contributed by atoms with van der Waals surface area (Å²) >= 11 is 0. The van der Waals surface area contributed by atoms with Gasteiger partial charge in [0, 0.05) is 39.0 Å². The van der Waals surface area contributed by atoms with Crippen LogP contribution < -0.4 is 22.9 Å². The van der Waals surface area contributed by atoms with Gasteiger partial charge in [-0.05, 0) is 99.7 Å². The summed E-state index contributed by atoms with van der Waals surface area (Å²) in [5, 5.41) is 11.2. The van der Waals surface area contributed by atoms with Crippen molar-refractivity contribution in [2.45, 2.75) is 90.4 Å². The lowest BCUT2D eigenvalue weighted by molar-refractivity contribution is -0.132. The third-order valence-corrected chi connectivity index (χ3v) is 7.08. The first kappa shape index (κ1) is 34.8. The van der Waals surface area contributed by atoms with Gasteiger partial charge in [0.05, 0.1) is 0 Å². The first-order valence-electron chi connectivity index (χ1n) is 14.8. The minimum absolute atomic E-state index is 0.0609. The second kappa shape index (κ2) is 19.0. The Morgan fingerprint density at radius 1 is 0.667 bits per heavy atom. The van der Waals surface area contributed by atoms with Crippen LogP contribution in [0.5, 0.6) is 5.75 Å². The number of carbonyl (C=O) groups is 2. The van der Waals surface area contributed by atoms with Crippen LogP contribution in [-0.4, -0.2) is 79.1 Å². The number of carbonyl (C=O) groups excluding carboxylic acids is 2. The number of hydrogen-bond acceptors (Lipinski definition) is 7. The Kier molecular flexibility index (Phi) is 16.9. The summed E-state index contributed by atoms with van der Waals surface area (Å²) in [4.78, 5) is 29.9. The second-order valence-corrected chi connectivity index (χ2v) is 11.4. The molecule has 0 unspecified atom stereocenters. The fourth-order valence-electron chi connectivity index (χ4n) is 4.55. The van der Waals surface area contributed by atoms with E-state index in [0.29, 0.717) is 78.0 Å². The van der Waals surface area contributed by atoms with Crippen molar-refractivity contribution in [1.82, 2.24) is 9.80 Å². The van der Waals surface area contributed by atoms with Crippen molar-refractivity contribution in [2.24, 2.45) is 22.9 Å². The fraction of sp³-hybridized carbons (Fsp3) is 0.733. The summed E-state index contributed by atoms with van der Waals surface area (Å²) in [5.41, 5.74) is 25.1. The molecule has 9 N–H and O–H groups in total. The highest BCUT2D eigenvalue weighted by Crippen LogP contribution is 2.33. The molecule has 39 heavy (non-hydrogen) atoms. The van der Waals surface area contributed by atoms with E-state index in [2.05, 4.69) is 20.8 Å². The van der Waals surface area contributed by atoms with Crippen molar-refractivity contribution < 1.29 is 14.7 Å². The Bertz CT molecular complexity index is 797. The largest absolute Gasteiger partial charge is 0.507 e. The molecule has 2 amide bonds. The third kappa shape index (κ3) is 13.1. The van der Waals surface area contributed by atoms with Crippen molar-refractivity contribution in [2.75, 3.05) is 52.4 Å². The predicted molar refractivity (Wildman–Crippen MR) is 161 cm³/mol. The van der Waals surface area contributed by atoms with Gasteiger partial charge >= 0.3 is 0 Å². The zero-order chi connectivity index (χ0) is 29.3. The van der Waals surface area contributed by atoms with E-state index >= 15 is 0 Å². The van der Waals surface area contributed by atoms with E-state index in [0.717, 1.165) is 55.2 Å². The molecule has 0 spiro atoms. The van der Waals surface area contributed by atoms with Crippen LogP contribution in [0, 0.1) is 0 Å². The Labute approximate surface area is 236 Å².